The van der Waals surface area contributed by atoms with Crippen LogP contribution in [-0.2, 0) is 16.1 Å². The summed E-state index contributed by atoms with van der Waals surface area (Å²) in [7, 11) is 0. The van der Waals surface area contributed by atoms with Crippen molar-refractivity contribution in [3.8, 4) is 0 Å². The zero-order chi connectivity index (χ0) is 13.1. The largest absolute Gasteiger partial charge is 0.459 e. The average molecular weight is 236 g/mol. The molecule has 0 aromatic heterocycles. The fraction of sp³-hybridized carbons (Fsp3) is 0.462. The van der Waals surface area contributed by atoms with E-state index < -0.39 is 17.6 Å². The van der Waals surface area contributed by atoms with E-state index in [1.807, 2.05) is 39.0 Å². The molecule has 1 atom stereocenters. The summed E-state index contributed by atoms with van der Waals surface area (Å²) in [6.07, 6.45) is 0. The van der Waals surface area contributed by atoms with Gasteiger partial charge in [-0.25, -0.2) is 4.79 Å². The van der Waals surface area contributed by atoms with Gasteiger partial charge in [-0.1, -0.05) is 24.3 Å². The number of ether oxygens (including phenoxy) is 1. The third-order valence-corrected chi connectivity index (χ3v) is 2.21. The molecule has 17 heavy (non-hydrogen) atoms. The Kier molecular flexibility index (Phi) is 4.26. The third kappa shape index (κ3) is 4.17. The maximum Gasteiger partial charge on any atom is 0.328 e. The Hall–Kier alpha value is -1.39. The summed E-state index contributed by atoms with van der Waals surface area (Å²) in [4.78, 5) is 11.8. The summed E-state index contributed by atoms with van der Waals surface area (Å²) >= 11 is 0. The minimum absolute atomic E-state index is 0.424. The van der Waals surface area contributed by atoms with Gasteiger partial charge in [-0.3, -0.25) is 0 Å². The minimum atomic E-state index is -0.763. The number of benzene rings is 1. The summed E-state index contributed by atoms with van der Waals surface area (Å²) in [5, 5.41) is 0. The molecule has 0 saturated carbocycles. The number of hydrogen-bond acceptors (Lipinski definition) is 4. The summed E-state index contributed by atoms with van der Waals surface area (Å²) in [6, 6.07) is 6.59. The molecular weight excluding hydrogens is 216 g/mol. The zero-order valence-electron chi connectivity index (χ0n) is 10.6. The predicted octanol–water partition coefficient (Wildman–Crippen LogP) is 1.49. The standard InChI is InChI=1S/C13H20N2O2/c1-13(2,3)17-12(16)11(15)10-6-4-5-9(7-10)8-14/h4-7,11H,8,14-15H2,1-3H3. The van der Waals surface area contributed by atoms with Crippen LogP contribution in [0.25, 0.3) is 0 Å². The summed E-state index contributed by atoms with van der Waals surface area (Å²) < 4.78 is 5.23. The maximum absolute atomic E-state index is 11.8. The fourth-order valence-corrected chi connectivity index (χ4v) is 1.41. The van der Waals surface area contributed by atoms with E-state index in [1.54, 1.807) is 6.07 Å². The van der Waals surface area contributed by atoms with Crippen LogP contribution in [0.4, 0.5) is 0 Å². The van der Waals surface area contributed by atoms with E-state index in [2.05, 4.69) is 0 Å². The van der Waals surface area contributed by atoms with Gasteiger partial charge in [0.15, 0.2) is 0 Å². The van der Waals surface area contributed by atoms with Crippen LogP contribution in [0.2, 0.25) is 0 Å². The van der Waals surface area contributed by atoms with Crippen molar-refractivity contribution in [1.82, 2.24) is 0 Å². The molecule has 0 saturated heterocycles. The molecule has 0 bridgehead atoms. The van der Waals surface area contributed by atoms with Crippen molar-refractivity contribution in [2.45, 2.75) is 39.0 Å². The highest BCUT2D eigenvalue weighted by Gasteiger charge is 2.23. The number of nitrogens with two attached hydrogens (primary N) is 2. The van der Waals surface area contributed by atoms with Gasteiger partial charge < -0.3 is 16.2 Å². The quantitative estimate of drug-likeness (QED) is 0.779. The van der Waals surface area contributed by atoms with Gasteiger partial charge in [-0.2, -0.15) is 0 Å². The van der Waals surface area contributed by atoms with Crippen LogP contribution in [0, 0.1) is 0 Å². The predicted molar refractivity (Wildman–Crippen MR) is 67.1 cm³/mol. The minimum Gasteiger partial charge on any atom is -0.459 e. The second-order valence-corrected chi connectivity index (χ2v) is 4.96. The van der Waals surface area contributed by atoms with Crippen molar-refractivity contribution >= 4 is 5.97 Å². The van der Waals surface area contributed by atoms with Crippen LogP contribution in [0.5, 0.6) is 0 Å². The van der Waals surface area contributed by atoms with Crippen molar-refractivity contribution in [1.29, 1.82) is 0 Å². The van der Waals surface area contributed by atoms with E-state index in [0.717, 1.165) is 11.1 Å². The molecule has 1 aromatic carbocycles. The molecule has 4 N–H and O–H groups in total. The number of hydrogen-bond donors (Lipinski definition) is 2. The van der Waals surface area contributed by atoms with Crippen LogP contribution in [0.1, 0.15) is 37.9 Å². The topological polar surface area (TPSA) is 78.3 Å². The molecule has 4 heteroatoms. The Morgan fingerprint density at radius 2 is 2.06 bits per heavy atom. The Balaban J connectivity index is 2.81. The van der Waals surface area contributed by atoms with Crippen molar-refractivity contribution in [2.24, 2.45) is 11.5 Å². The second kappa shape index (κ2) is 5.29. The van der Waals surface area contributed by atoms with Gasteiger partial charge in [-0.15, -0.1) is 0 Å². The maximum atomic E-state index is 11.8. The molecule has 0 aliphatic heterocycles. The molecule has 0 spiro atoms. The van der Waals surface area contributed by atoms with Crippen LogP contribution >= 0.6 is 0 Å². The first kappa shape index (κ1) is 13.7. The molecule has 0 aliphatic rings. The Bertz CT molecular complexity index is 397. The lowest BCUT2D eigenvalue weighted by molar-refractivity contribution is -0.156. The molecular formula is C13H20N2O2. The van der Waals surface area contributed by atoms with E-state index in [1.165, 1.54) is 0 Å². The summed E-state index contributed by atoms with van der Waals surface area (Å²) in [6.45, 7) is 5.87. The highest BCUT2D eigenvalue weighted by atomic mass is 16.6. The van der Waals surface area contributed by atoms with Gasteiger partial charge in [0.05, 0.1) is 0 Å². The smallest absolute Gasteiger partial charge is 0.328 e. The van der Waals surface area contributed by atoms with E-state index in [-0.39, 0.29) is 0 Å². The molecule has 0 aliphatic carbocycles. The normalized spacial score (nSPS) is 13.2. The van der Waals surface area contributed by atoms with E-state index in [0.29, 0.717) is 6.54 Å². The van der Waals surface area contributed by atoms with Crippen molar-refractivity contribution in [3.63, 3.8) is 0 Å². The van der Waals surface area contributed by atoms with E-state index in [9.17, 15) is 4.79 Å². The van der Waals surface area contributed by atoms with Gasteiger partial charge in [0.1, 0.15) is 11.6 Å². The Morgan fingerprint density at radius 1 is 1.41 bits per heavy atom. The lowest BCUT2D eigenvalue weighted by atomic mass is 10.0. The molecule has 4 nitrogen and oxygen atoms in total. The lowest BCUT2D eigenvalue weighted by Gasteiger charge is -2.22. The first-order valence-corrected chi connectivity index (χ1v) is 5.61. The number of rotatable bonds is 3. The van der Waals surface area contributed by atoms with Gasteiger partial charge in [-0.05, 0) is 31.9 Å². The third-order valence-electron chi connectivity index (χ3n) is 2.21. The first-order chi connectivity index (χ1) is 7.83. The van der Waals surface area contributed by atoms with Gasteiger partial charge in [0, 0.05) is 6.54 Å². The Labute approximate surface area is 102 Å². The van der Waals surface area contributed by atoms with Crippen molar-refractivity contribution in [2.75, 3.05) is 0 Å². The van der Waals surface area contributed by atoms with E-state index in [4.69, 9.17) is 16.2 Å². The zero-order valence-corrected chi connectivity index (χ0v) is 10.6. The first-order valence-electron chi connectivity index (χ1n) is 5.61. The summed E-state index contributed by atoms with van der Waals surface area (Å²) in [5.74, 6) is -0.424. The molecule has 0 radical (unpaired) electrons. The lowest BCUT2D eigenvalue weighted by Crippen LogP contribution is -2.31. The molecule has 94 valence electrons. The monoisotopic (exact) mass is 236 g/mol. The van der Waals surface area contributed by atoms with Crippen LogP contribution in [0.3, 0.4) is 0 Å². The summed E-state index contributed by atoms with van der Waals surface area (Å²) in [5.41, 5.74) is 12.5. The van der Waals surface area contributed by atoms with Gasteiger partial charge in [0.25, 0.3) is 0 Å². The van der Waals surface area contributed by atoms with Crippen molar-refractivity contribution < 1.29 is 9.53 Å². The molecule has 1 aromatic rings. The molecule has 0 amide bonds. The van der Waals surface area contributed by atoms with Crippen LogP contribution in [-0.4, -0.2) is 11.6 Å². The van der Waals surface area contributed by atoms with Gasteiger partial charge in [0.2, 0.25) is 0 Å². The van der Waals surface area contributed by atoms with Crippen LogP contribution in [0.15, 0.2) is 24.3 Å². The highest BCUT2D eigenvalue weighted by molar-refractivity contribution is 5.77. The average Bonchev–Trinajstić information content (AvgIpc) is 2.26. The van der Waals surface area contributed by atoms with E-state index >= 15 is 0 Å². The number of carbonyl (C=O) groups is 1. The molecule has 1 unspecified atom stereocenters. The second-order valence-electron chi connectivity index (χ2n) is 4.96. The number of carbonyl (C=O) groups excluding carboxylic acids is 1. The SMILES string of the molecule is CC(C)(C)OC(=O)C(N)c1cccc(CN)c1. The van der Waals surface area contributed by atoms with Crippen molar-refractivity contribution in [3.05, 3.63) is 35.4 Å². The highest BCUT2D eigenvalue weighted by Crippen LogP contribution is 2.17. The molecule has 0 heterocycles. The van der Waals surface area contributed by atoms with Crippen LogP contribution < -0.4 is 11.5 Å². The molecule has 1 rings (SSSR count). The fourth-order valence-electron chi connectivity index (χ4n) is 1.41. The Morgan fingerprint density at radius 3 is 2.59 bits per heavy atom. The number of esters is 1. The van der Waals surface area contributed by atoms with Gasteiger partial charge >= 0.3 is 5.97 Å². The molecule has 0 fully saturated rings.